The molecule has 0 amide bonds. The summed E-state index contributed by atoms with van der Waals surface area (Å²) in [4.78, 5) is 4.79. The normalized spacial score (nSPS) is 11.3. The van der Waals surface area contributed by atoms with E-state index >= 15 is 0 Å². The molecular formula is C21H20N6OS. The van der Waals surface area contributed by atoms with Crippen LogP contribution in [-0.4, -0.2) is 22.3 Å². The van der Waals surface area contributed by atoms with E-state index in [1.165, 1.54) is 11.3 Å². The maximum Gasteiger partial charge on any atom is 0.206 e. The van der Waals surface area contributed by atoms with E-state index in [0.717, 1.165) is 42.9 Å². The number of thiazole rings is 1. The van der Waals surface area contributed by atoms with Gasteiger partial charge in [-0.15, -0.1) is 0 Å². The summed E-state index contributed by atoms with van der Waals surface area (Å²) in [5.41, 5.74) is 11.3. The van der Waals surface area contributed by atoms with Crippen molar-refractivity contribution in [3.63, 3.8) is 0 Å². The van der Waals surface area contributed by atoms with Gasteiger partial charge in [0, 0.05) is 34.7 Å². The number of nitrogens with zero attached hydrogens (tertiary/aromatic N) is 2. The maximum atomic E-state index is 10.5. The highest BCUT2D eigenvalue weighted by atomic mass is 32.1. The molecule has 3 aromatic carbocycles. The lowest BCUT2D eigenvalue weighted by molar-refractivity contribution is 0.478. The molecule has 0 aliphatic heterocycles. The predicted octanol–water partition coefficient (Wildman–Crippen LogP) is 4.22. The van der Waals surface area contributed by atoms with Gasteiger partial charge in [0.25, 0.3) is 0 Å². The number of fused-ring (bicyclic) bond motifs is 3. The third-order valence-electron chi connectivity index (χ3n) is 4.54. The van der Waals surface area contributed by atoms with E-state index in [1.807, 2.05) is 55.5 Å². The molecule has 0 unspecified atom stereocenters. The summed E-state index contributed by atoms with van der Waals surface area (Å²) >= 11 is 1.52. The van der Waals surface area contributed by atoms with Crippen LogP contribution < -0.4 is 16.5 Å². The topological polar surface area (TPSA) is 119 Å². The molecule has 0 radical (unpaired) electrons. The van der Waals surface area contributed by atoms with Gasteiger partial charge in [-0.25, -0.2) is 10.4 Å². The van der Waals surface area contributed by atoms with Crippen LogP contribution in [0.3, 0.4) is 0 Å². The Morgan fingerprint density at radius 2 is 2.03 bits per heavy atom. The summed E-state index contributed by atoms with van der Waals surface area (Å²) in [6.07, 6.45) is 2.27. The van der Waals surface area contributed by atoms with Gasteiger partial charge < -0.3 is 16.2 Å². The number of nitrogens with two attached hydrogens (primary N) is 1. The summed E-state index contributed by atoms with van der Waals surface area (Å²) < 4.78 is 0.974. The predicted molar refractivity (Wildman–Crippen MR) is 120 cm³/mol. The Balaban J connectivity index is 1.62. The number of phenolic OH excluding ortho intramolecular Hbond substituents is 1. The molecule has 6 N–H and O–H groups in total. The molecule has 29 heavy (non-hydrogen) atoms. The number of anilines is 2. The minimum absolute atomic E-state index is 0.193. The molecule has 0 aliphatic rings. The summed E-state index contributed by atoms with van der Waals surface area (Å²) in [6.45, 7) is 1.92. The largest absolute Gasteiger partial charge is 0.507 e. The number of hydrogen-bond acceptors (Lipinski definition) is 6. The number of aryl methyl sites for hydroxylation is 1. The van der Waals surface area contributed by atoms with E-state index in [2.05, 4.69) is 15.8 Å². The quantitative estimate of drug-likeness (QED) is 0.194. The third-order valence-corrected chi connectivity index (χ3v) is 5.63. The minimum atomic E-state index is -0.193. The Morgan fingerprint density at radius 3 is 2.83 bits per heavy atom. The molecule has 146 valence electrons. The maximum absolute atomic E-state index is 10.5. The van der Waals surface area contributed by atoms with E-state index in [9.17, 15) is 5.11 Å². The zero-order valence-corrected chi connectivity index (χ0v) is 16.5. The van der Waals surface area contributed by atoms with Gasteiger partial charge in [-0.2, -0.15) is 5.10 Å². The van der Waals surface area contributed by atoms with E-state index in [1.54, 1.807) is 6.21 Å². The fraction of sp³-hybridized carbons (Fsp3) is 0.0952. The lowest BCUT2D eigenvalue weighted by atomic mass is 10.0. The number of aromatic hydroxyl groups is 1. The number of aromatic nitrogens is 1. The van der Waals surface area contributed by atoms with Crippen LogP contribution >= 0.6 is 11.3 Å². The molecule has 4 rings (SSSR count). The van der Waals surface area contributed by atoms with Crippen LogP contribution in [0.5, 0.6) is 5.75 Å². The molecule has 0 spiro atoms. The first-order valence-electron chi connectivity index (χ1n) is 9.01. The Kier molecular flexibility index (Phi) is 5.01. The van der Waals surface area contributed by atoms with Crippen molar-refractivity contribution < 1.29 is 5.11 Å². The molecule has 1 aromatic heterocycles. The van der Waals surface area contributed by atoms with Gasteiger partial charge in [-0.05, 0) is 24.6 Å². The number of guanidine groups is 1. The standard InChI is InChI=1S/C21H20N6OS/c1-12-18(28)16-8-3-2-7-15(16)17-19(12)29-21(26-17)25-14-6-4-5-13(11-14)9-10-24-27-20(22)23/h2-8,10-11,28H,9H2,1H3,(H,25,26)(H4,22,23,27). The fourth-order valence-corrected chi connectivity index (χ4v) is 4.18. The fourth-order valence-electron chi connectivity index (χ4n) is 3.18. The van der Waals surface area contributed by atoms with Crippen LogP contribution in [0.15, 0.2) is 53.6 Å². The van der Waals surface area contributed by atoms with Crippen molar-refractivity contribution in [1.82, 2.24) is 10.4 Å². The third kappa shape index (κ3) is 3.83. The van der Waals surface area contributed by atoms with Crippen molar-refractivity contribution in [3.8, 4) is 5.75 Å². The molecule has 0 bridgehead atoms. The highest BCUT2D eigenvalue weighted by molar-refractivity contribution is 7.22. The van der Waals surface area contributed by atoms with Crippen molar-refractivity contribution in [2.24, 2.45) is 10.8 Å². The van der Waals surface area contributed by atoms with E-state index in [-0.39, 0.29) is 5.96 Å². The summed E-state index contributed by atoms with van der Waals surface area (Å²) in [5.74, 6) is 0.116. The van der Waals surface area contributed by atoms with E-state index in [0.29, 0.717) is 12.2 Å². The second kappa shape index (κ2) is 7.76. The number of phenols is 1. The molecule has 4 aromatic rings. The first kappa shape index (κ1) is 18.7. The average Bonchev–Trinajstić information content (AvgIpc) is 3.14. The molecular weight excluding hydrogens is 384 g/mol. The van der Waals surface area contributed by atoms with Crippen LogP contribution in [0.4, 0.5) is 10.8 Å². The van der Waals surface area contributed by atoms with Crippen LogP contribution in [0.2, 0.25) is 0 Å². The monoisotopic (exact) mass is 404 g/mol. The summed E-state index contributed by atoms with van der Waals surface area (Å²) in [7, 11) is 0. The van der Waals surface area contributed by atoms with Gasteiger partial charge in [-0.3, -0.25) is 5.41 Å². The number of benzene rings is 3. The molecule has 0 fully saturated rings. The number of hydrogen-bond donors (Lipinski definition) is 5. The number of nitrogens with one attached hydrogen (secondary N) is 3. The van der Waals surface area contributed by atoms with Crippen molar-refractivity contribution >= 4 is 55.3 Å². The van der Waals surface area contributed by atoms with Crippen LogP contribution in [0.25, 0.3) is 21.0 Å². The lowest BCUT2D eigenvalue weighted by Gasteiger charge is -2.05. The zero-order valence-electron chi connectivity index (χ0n) is 15.7. The van der Waals surface area contributed by atoms with Crippen LogP contribution in [0.1, 0.15) is 11.1 Å². The molecule has 8 heteroatoms. The van der Waals surface area contributed by atoms with Gasteiger partial charge in [0.2, 0.25) is 5.96 Å². The van der Waals surface area contributed by atoms with Gasteiger partial charge in [-0.1, -0.05) is 47.7 Å². The van der Waals surface area contributed by atoms with Crippen LogP contribution in [-0.2, 0) is 6.42 Å². The Hall–Kier alpha value is -3.65. The highest BCUT2D eigenvalue weighted by Gasteiger charge is 2.15. The SMILES string of the molecule is Cc1c(O)c2ccccc2c2nc(Nc3cccc(CC=NNC(=N)N)c3)sc12. The second-order valence-electron chi connectivity index (χ2n) is 6.58. The lowest BCUT2D eigenvalue weighted by Crippen LogP contribution is -2.25. The molecule has 0 saturated carbocycles. The van der Waals surface area contributed by atoms with E-state index in [4.69, 9.17) is 16.1 Å². The number of hydrazone groups is 1. The first-order chi connectivity index (χ1) is 14.0. The summed E-state index contributed by atoms with van der Waals surface area (Å²) in [6, 6.07) is 15.7. The molecule has 0 atom stereocenters. The van der Waals surface area contributed by atoms with Gasteiger partial charge in [0.15, 0.2) is 5.13 Å². The van der Waals surface area contributed by atoms with Crippen molar-refractivity contribution in [2.75, 3.05) is 5.32 Å². The first-order valence-corrected chi connectivity index (χ1v) is 9.83. The Morgan fingerprint density at radius 1 is 1.24 bits per heavy atom. The van der Waals surface area contributed by atoms with E-state index < -0.39 is 0 Å². The van der Waals surface area contributed by atoms with Crippen molar-refractivity contribution in [3.05, 3.63) is 59.7 Å². The number of rotatable bonds is 5. The Bertz CT molecular complexity index is 1250. The van der Waals surface area contributed by atoms with Gasteiger partial charge in [0.1, 0.15) is 5.75 Å². The molecule has 1 heterocycles. The minimum Gasteiger partial charge on any atom is -0.507 e. The Labute approximate surface area is 171 Å². The average molecular weight is 404 g/mol. The zero-order chi connectivity index (χ0) is 20.4. The molecule has 7 nitrogen and oxygen atoms in total. The van der Waals surface area contributed by atoms with Crippen molar-refractivity contribution in [1.29, 1.82) is 5.41 Å². The van der Waals surface area contributed by atoms with Gasteiger partial charge >= 0.3 is 0 Å². The smallest absolute Gasteiger partial charge is 0.206 e. The van der Waals surface area contributed by atoms with Crippen molar-refractivity contribution in [2.45, 2.75) is 13.3 Å². The highest BCUT2D eigenvalue weighted by Crippen LogP contribution is 2.41. The molecule has 0 saturated heterocycles. The van der Waals surface area contributed by atoms with Crippen LogP contribution in [0, 0.1) is 12.3 Å². The second-order valence-corrected chi connectivity index (χ2v) is 7.58. The van der Waals surface area contributed by atoms with Gasteiger partial charge in [0.05, 0.1) is 10.2 Å². The molecule has 0 aliphatic carbocycles. The summed E-state index contributed by atoms with van der Waals surface area (Å²) in [5, 5.41) is 27.4.